The minimum atomic E-state index is -0.668. The van der Waals surface area contributed by atoms with Crippen LogP contribution >= 0.6 is 0 Å². The van der Waals surface area contributed by atoms with Crippen molar-refractivity contribution in [2.75, 3.05) is 6.54 Å². The summed E-state index contributed by atoms with van der Waals surface area (Å²) < 4.78 is 0. The zero-order valence-electron chi connectivity index (χ0n) is 7.62. The molecule has 0 heterocycles. The predicted molar refractivity (Wildman–Crippen MR) is 51.5 cm³/mol. The van der Waals surface area contributed by atoms with Gasteiger partial charge >= 0.3 is 0 Å². The first-order chi connectivity index (χ1) is 6.70. The SMILES string of the molecule is [NH]C(=O)CCNC(=O)c1ccccc1. The van der Waals surface area contributed by atoms with Gasteiger partial charge in [0.05, 0.1) is 0 Å². The summed E-state index contributed by atoms with van der Waals surface area (Å²) in [6.07, 6.45) is 0.0541. The third-order valence-corrected chi connectivity index (χ3v) is 1.67. The summed E-state index contributed by atoms with van der Waals surface area (Å²) in [7, 11) is 0. The number of amides is 2. The van der Waals surface area contributed by atoms with E-state index in [0.717, 1.165) is 0 Å². The molecule has 0 saturated heterocycles. The molecule has 0 aliphatic heterocycles. The first-order valence-corrected chi connectivity index (χ1v) is 4.28. The van der Waals surface area contributed by atoms with Crippen molar-refractivity contribution < 1.29 is 9.59 Å². The van der Waals surface area contributed by atoms with Gasteiger partial charge in [-0.25, -0.2) is 0 Å². The molecule has 1 aromatic carbocycles. The van der Waals surface area contributed by atoms with E-state index in [4.69, 9.17) is 5.73 Å². The minimum Gasteiger partial charge on any atom is -0.352 e. The fourth-order valence-electron chi connectivity index (χ4n) is 0.981. The molecule has 1 aromatic rings. The van der Waals surface area contributed by atoms with Gasteiger partial charge in [-0.3, -0.25) is 15.3 Å². The Morgan fingerprint density at radius 3 is 2.43 bits per heavy atom. The summed E-state index contributed by atoms with van der Waals surface area (Å²) in [5, 5.41) is 2.55. The van der Waals surface area contributed by atoms with Crippen LogP contribution in [0.5, 0.6) is 0 Å². The van der Waals surface area contributed by atoms with Crippen LogP contribution in [-0.2, 0) is 4.79 Å². The molecule has 2 amide bonds. The first kappa shape index (κ1) is 10.2. The van der Waals surface area contributed by atoms with Crippen LogP contribution in [0.15, 0.2) is 30.3 Å². The molecule has 73 valence electrons. The summed E-state index contributed by atoms with van der Waals surface area (Å²) in [5.41, 5.74) is 7.20. The Hall–Kier alpha value is -1.84. The van der Waals surface area contributed by atoms with Gasteiger partial charge in [-0.15, -0.1) is 0 Å². The maximum atomic E-state index is 11.3. The molecule has 0 aromatic heterocycles. The van der Waals surface area contributed by atoms with Gasteiger partial charge in [0, 0.05) is 18.5 Å². The molecule has 0 bridgehead atoms. The molecule has 1 radical (unpaired) electrons. The molecule has 0 unspecified atom stereocenters. The van der Waals surface area contributed by atoms with Gasteiger partial charge in [0.2, 0.25) is 5.91 Å². The smallest absolute Gasteiger partial charge is 0.251 e. The van der Waals surface area contributed by atoms with E-state index in [-0.39, 0.29) is 18.9 Å². The highest BCUT2D eigenvalue weighted by atomic mass is 16.2. The van der Waals surface area contributed by atoms with E-state index < -0.39 is 5.91 Å². The van der Waals surface area contributed by atoms with Crippen molar-refractivity contribution in [3.05, 3.63) is 35.9 Å². The molecule has 14 heavy (non-hydrogen) atoms. The van der Waals surface area contributed by atoms with Crippen molar-refractivity contribution in [1.82, 2.24) is 11.1 Å². The predicted octanol–water partition coefficient (Wildman–Crippen LogP) is 0.616. The molecule has 0 fully saturated rings. The lowest BCUT2D eigenvalue weighted by Crippen LogP contribution is -2.26. The Morgan fingerprint density at radius 1 is 1.21 bits per heavy atom. The molecule has 0 atom stereocenters. The van der Waals surface area contributed by atoms with Crippen molar-refractivity contribution in [2.45, 2.75) is 6.42 Å². The van der Waals surface area contributed by atoms with E-state index in [2.05, 4.69) is 5.32 Å². The molecular formula is C10H11N2O2. The minimum absolute atomic E-state index is 0.0541. The molecule has 0 saturated carbocycles. The molecule has 0 spiro atoms. The van der Waals surface area contributed by atoms with E-state index in [9.17, 15) is 9.59 Å². The zero-order valence-corrected chi connectivity index (χ0v) is 7.62. The van der Waals surface area contributed by atoms with Crippen molar-refractivity contribution >= 4 is 11.8 Å². The highest BCUT2D eigenvalue weighted by Gasteiger charge is 2.03. The first-order valence-electron chi connectivity index (χ1n) is 4.28. The van der Waals surface area contributed by atoms with Crippen molar-refractivity contribution in [3.63, 3.8) is 0 Å². The van der Waals surface area contributed by atoms with Crippen LogP contribution in [0.3, 0.4) is 0 Å². The number of carbonyl (C=O) groups excluding carboxylic acids is 2. The fourth-order valence-corrected chi connectivity index (χ4v) is 0.981. The molecule has 4 heteroatoms. The van der Waals surface area contributed by atoms with E-state index in [1.54, 1.807) is 24.3 Å². The third kappa shape index (κ3) is 3.26. The number of hydrogen-bond acceptors (Lipinski definition) is 2. The molecule has 0 aliphatic rings. The molecule has 2 N–H and O–H groups in total. The summed E-state index contributed by atoms with van der Waals surface area (Å²) >= 11 is 0. The van der Waals surface area contributed by atoms with E-state index in [1.807, 2.05) is 6.07 Å². The second kappa shape index (κ2) is 5.01. The third-order valence-electron chi connectivity index (χ3n) is 1.67. The van der Waals surface area contributed by atoms with Gasteiger partial charge in [0.1, 0.15) is 0 Å². The molecule has 4 nitrogen and oxygen atoms in total. The van der Waals surface area contributed by atoms with Crippen LogP contribution in [0.4, 0.5) is 0 Å². The number of benzene rings is 1. The largest absolute Gasteiger partial charge is 0.352 e. The van der Waals surface area contributed by atoms with Gasteiger partial charge in [-0.2, -0.15) is 0 Å². The van der Waals surface area contributed by atoms with Crippen LogP contribution in [0.2, 0.25) is 0 Å². The van der Waals surface area contributed by atoms with Crippen LogP contribution < -0.4 is 11.1 Å². The quantitative estimate of drug-likeness (QED) is 0.757. The summed E-state index contributed by atoms with van der Waals surface area (Å²) in [5.74, 6) is -0.884. The maximum Gasteiger partial charge on any atom is 0.251 e. The van der Waals surface area contributed by atoms with Gasteiger partial charge < -0.3 is 5.32 Å². The van der Waals surface area contributed by atoms with E-state index in [0.29, 0.717) is 5.56 Å². The zero-order chi connectivity index (χ0) is 10.4. The highest BCUT2D eigenvalue weighted by Crippen LogP contribution is 1.97. The Morgan fingerprint density at radius 2 is 1.86 bits per heavy atom. The number of carbonyl (C=O) groups is 2. The number of rotatable bonds is 4. The normalized spacial score (nSPS) is 9.43. The van der Waals surface area contributed by atoms with Crippen molar-refractivity contribution in [2.24, 2.45) is 0 Å². The average Bonchev–Trinajstić information content (AvgIpc) is 2.18. The van der Waals surface area contributed by atoms with Gasteiger partial charge in [-0.05, 0) is 12.1 Å². The number of nitrogens with one attached hydrogen (secondary N) is 2. The second-order valence-electron chi connectivity index (χ2n) is 2.80. The topological polar surface area (TPSA) is 70.0 Å². The average molecular weight is 191 g/mol. The molecular weight excluding hydrogens is 180 g/mol. The van der Waals surface area contributed by atoms with Gasteiger partial charge in [0.15, 0.2) is 0 Å². The fraction of sp³-hybridized carbons (Fsp3) is 0.200. The Balaban J connectivity index is 2.40. The lowest BCUT2D eigenvalue weighted by Gasteiger charge is -2.02. The standard InChI is InChI=1S/C10H11N2O2/c11-9(13)6-7-12-10(14)8-4-2-1-3-5-8/h1-5,11H,6-7H2,(H,12,14). The Labute approximate surface area is 82.1 Å². The maximum absolute atomic E-state index is 11.3. The Kier molecular flexibility index (Phi) is 3.67. The van der Waals surface area contributed by atoms with Crippen molar-refractivity contribution in [1.29, 1.82) is 0 Å². The number of hydrogen-bond donors (Lipinski definition) is 1. The van der Waals surface area contributed by atoms with Crippen LogP contribution in [0.1, 0.15) is 16.8 Å². The second-order valence-corrected chi connectivity index (χ2v) is 2.80. The van der Waals surface area contributed by atoms with Gasteiger partial charge in [0.25, 0.3) is 5.91 Å². The van der Waals surface area contributed by atoms with Gasteiger partial charge in [-0.1, -0.05) is 18.2 Å². The summed E-state index contributed by atoms with van der Waals surface area (Å²) in [6, 6.07) is 8.74. The van der Waals surface area contributed by atoms with Crippen LogP contribution in [0.25, 0.3) is 0 Å². The highest BCUT2D eigenvalue weighted by molar-refractivity contribution is 5.94. The lowest BCUT2D eigenvalue weighted by atomic mass is 10.2. The lowest BCUT2D eigenvalue weighted by molar-refractivity contribution is -0.118. The van der Waals surface area contributed by atoms with E-state index in [1.165, 1.54) is 0 Å². The van der Waals surface area contributed by atoms with E-state index >= 15 is 0 Å². The van der Waals surface area contributed by atoms with Crippen LogP contribution in [-0.4, -0.2) is 18.4 Å². The van der Waals surface area contributed by atoms with Crippen molar-refractivity contribution in [3.8, 4) is 0 Å². The molecule has 0 aliphatic carbocycles. The van der Waals surface area contributed by atoms with Crippen LogP contribution in [0, 0.1) is 0 Å². The monoisotopic (exact) mass is 191 g/mol. The Bertz CT molecular complexity index is 322. The summed E-state index contributed by atoms with van der Waals surface area (Å²) in [4.78, 5) is 21.6. The molecule has 1 rings (SSSR count). The summed E-state index contributed by atoms with van der Waals surface area (Å²) in [6.45, 7) is 0.218.